The lowest BCUT2D eigenvalue weighted by molar-refractivity contribution is -0.416. The Kier molecular flexibility index (Phi) is 12.8. The first-order chi connectivity index (χ1) is 18.1. The second-order valence-electron chi connectivity index (χ2n) is 11.8. The van der Waals surface area contributed by atoms with E-state index in [1.54, 1.807) is 13.8 Å². The zero-order chi connectivity index (χ0) is 32.4. The molecule has 1 heterocycles. The second kappa shape index (κ2) is 13.6. The fraction of sp³-hybridized carbons (Fsp3) is 0.957. The van der Waals surface area contributed by atoms with Crippen LogP contribution in [0, 0.1) is 18.1 Å². The highest BCUT2D eigenvalue weighted by molar-refractivity contribution is 7.90. The van der Waals surface area contributed by atoms with Gasteiger partial charge in [0.15, 0.2) is 5.72 Å². The van der Waals surface area contributed by atoms with Gasteiger partial charge in [0.25, 0.3) is 0 Å². The van der Waals surface area contributed by atoms with Crippen molar-refractivity contribution in [2.45, 2.75) is 89.9 Å². The highest BCUT2D eigenvalue weighted by atomic mass is 32.2. The van der Waals surface area contributed by atoms with Gasteiger partial charge >= 0.3 is 12.3 Å². The van der Waals surface area contributed by atoms with Crippen LogP contribution in [0.4, 0.5) is 0 Å². The van der Waals surface area contributed by atoms with E-state index in [2.05, 4.69) is 4.72 Å². The molecule has 15 nitrogen and oxygen atoms in total. The molecule has 5 unspecified atom stereocenters. The molecule has 1 aliphatic rings. The van der Waals surface area contributed by atoms with Crippen molar-refractivity contribution in [2.24, 2.45) is 11.8 Å². The molecular weight excluding hydrogens is 608 g/mol. The summed E-state index contributed by atoms with van der Waals surface area (Å²) in [6.07, 6.45) is -1.40. The van der Waals surface area contributed by atoms with Gasteiger partial charge < -0.3 is 34.6 Å². The van der Waals surface area contributed by atoms with E-state index < -0.39 is 95.9 Å². The summed E-state index contributed by atoms with van der Waals surface area (Å²) in [7, 11) is -11.3. The SMILES string of the molecule is CC(C)C(O[C](O)C(O)(OCCS(C)(=O)=O)OC1CCN(S(C)(=O)=O)C(C(C)(C)O)C1)C(O)(NS(C)(=O)=O)C(C)C. The number of hydrogen-bond acceptors (Lipinski definition) is 13. The molecule has 1 saturated heterocycles. The first-order valence-electron chi connectivity index (χ1n) is 13.0. The molecule has 1 fully saturated rings. The minimum Gasteiger partial charge on any atom is -0.389 e. The second-order valence-corrected chi connectivity index (χ2v) is 17.8. The normalized spacial score (nSPS) is 24.0. The fourth-order valence-electron chi connectivity index (χ4n) is 4.49. The van der Waals surface area contributed by atoms with Crippen LogP contribution in [0.5, 0.6) is 0 Å². The van der Waals surface area contributed by atoms with Crippen LogP contribution in [0.3, 0.4) is 0 Å². The zero-order valence-electron chi connectivity index (χ0n) is 25.1. The summed E-state index contributed by atoms with van der Waals surface area (Å²) in [4.78, 5) is 0. The molecule has 41 heavy (non-hydrogen) atoms. The van der Waals surface area contributed by atoms with Crippen LogP contribution in [0.2, 0.25) is 0 Å². The molecule has 0 spiro atoms. The maximum Gasteiger partial charge on any atom is 0.344 e. The quantitative estimate of drug-likeness (QED) is 0.127. The molecule has 5 N–H and O–H groups in total. The standard InChI is InChI=1S/C23H47N2O13S3/c1-15(2)19(22(28,16(3)4)24-40(8,32)33)37-20(26)23(29,36-12-13-39(7,30)31)38-17-10-11-25(41(9,34)35)18(14-17)21(5,6)27/h15-19,24,26-29H,10-14H2,1-9H3. The third-order valence-corrected chi connectivity index (χ3v) is 9.50. The first kappa shape index (κ1) is 38.5. The molecule has 0 bridgehead atoms. The predicted octanol–water partition coefficient (Wildman–Crippen LogP) is -0.929. The van der Waals surface area contributed by atoms with E-state index in [1.807, 2.05) is 0 Å². The lowest BCUT2D eigenvalue weighted by Crippen LogP contribution is -2.63. The van der Waals surface area contributed by atoms with E-state index in [0.717, 1.165) is 23.1 Å². The average Bonchev–Trinajstić information content (AvgIpc) is 2.73. The van der Waals surface area contributed by atoms with Gasteiger partial charge in [-0.2, -0.15) is 9.03 Å². The van der Waals surface area contributed by atoms with E-state index >= 15 is 0 Å². The number of aliphatic hydroxyl groups is 4. The summed E-state index contributed by atoms with van der Waals surface area (Å²) in [5.74, 6) is -5.23. The largest absolute Gasteiger partial charge is 0.389 e. The number of sulfone groups is 1. The van der Waals surface area contributed by atoms with E-state index in [-0.39, 0.29) is 19.4 Å². The Bertz CT molecular complexity index is 1190. The minimum atomic E-state index is -4.01. The van der Waals surface area contributed by atoms with E-state index in [0.29, 0.717) is 0 Å². The maximum atomic E-state index is 12.3. The summed E-state index contributed by atoms with van der Waals surface area (Å²) in [6.45, 7) is 8.07. The molecule has 0 saturated carbocycles. The molecule has 1 radical (unpaired) electrons. The Morgan fingerprint density at radius 1 is 1.00 bits per heavy atom. The third kappa shape index (κ3) is 11.5. The van der Waals surface area contributed by atoms with Crippen molar-refractivity contribution in [3.8, 4) is 0 Å². The average molecular weight is 656 g/mol. The van der Waals surface area contributed by atoms with Crippen LogP contribution >= 0.6 is 0 Å². The van der Waals surface area contributed by atoms with E-state index in [4.69, 9.17) is 14.2 Å². The number of aliphatic hydroxyl groups excluding tert-OH is 1. The van der Waals surface area contributed by atoms with Crippen LogP contribution in [0.1, 0.15) is 54.4 Å². The number of rotatable bonds is 16. The van der Waals surface area contributed by atoms with Crippen LogP contribution in [-0.4, -0.2) is 123 Å². The fourth-order valence-corrected chi connectivity index (χ4v) is 7.07. The number of sulfonamides is 2. The van der Waals surface area contributed by atoms with Crippen molar-refractivity contribution in [3.63, 3.8) is 0 Å². The van der Waals surface area contributed by atoms with Crippen LogP contribution in [0.25, 0.3) is 0 Å². The van der Waals surface area contributed by atoms with Crippen LogP contribution < -0.4 is 4.72 Å². The van der Waals surface area contributed by atoms with Crippen molar-refractivity contribution in [1.82, 2.24) is 9.03 Å². The molecule has 0 aromatic rings. The van der Waals surface area contributed by atoms with Gasteiger partial charge in [0.1, 0.15) is 15.9 Å². The molecule has 0 aromatic heterocycles. The van der Waals surface area contributed by atoms with Crippen molar-refractivity contribution in [2.75, 3.05) is 37.7 Å². The van der Waals surface area contributed by atoms with Crippen molar-refractivity contribution < 1.29 is 59.9 Å². The molecule has 0 aliphatic carbocycles. The lowest BCUT2D eigenvalue weighted by Gasteiger charge is -2.46. The number of piperidine rings is 1. The topological polar surface area (TPSA) is 226 Å². The van der Waals surface area contributed by atoms with Gasteiger partial charge in [-0.25, -0.2) is 25.3 Å². The predicted molar refractivity (Wildman–Crippen MR) is 149 cm³/mol. The van der Waals surface area contributed by atoms with Crippen LogP contribution in [-0.2, 0) is 44.1 Å². The third-order valence-electron chi connectivity index (χ3n) is 6.60. The number of ether oxygens (including phenoxy) is 3. The van der Waals surface area contributed by atoms with E-state index in [1.165, 1.54) is 27.7 Å². The molecular formula is C23H47N2O13S3. The lowest BCUT2D eigenvalue weighted by atomic mass is 9.88. The molecule has 245 valence electrons. The summed E-state index contributed by atoms with van der Waals surface area (Å²) in [5.41, 5.74) is -3.84. The Labute approximate surface area is 244 Å². The molecule has 1 rings (SSSR count). The molecule has 18 heteroatoms. The van der Waals surface area contributed by atoms with Gasteiger partial charge in [-0.05, 0) is 38.5 Å². The maximum absolute atomic E-state index is 12.3. The highest BCUT2D eigenvalue weighted by Crippen LogP contribution is 2.36. The van der Waals surface area contributed by atoms with Crippen molar-refractivity contribution >= 4 is 29.9 Å². The minimum absolute atomic E-state index is 0.0240. The van der Waals surface area contributed by atoms with Crippen molar-refractivity contribution in [3.05, 3.63) is 6.29 Å². The molecule has 1 aliphatic heterocycles. The van der Waals surface area contributed by atoms with Gasteiger partial charge in [-0.3, -0.25) is 0 Å². The summed E-state index contributed by atoms with van der Waals surface area (Å²) in [6, 6.07) is -1.01. The Hall–Kier alpha value is -0.510. The molecule has 0 amide bonds. The Morgan fingerprint density at radius 2 is 1.54 bits per heavy atom. The highest BCUT2D eigenvalue weighted by Gasteiger charge is 2.53. The van der Waals surface area contributed by atoms with Gasteiger partial charge in [-0.1, -0.05) is 27.7 Å². The number of nitrogens with one attached hydrogen (secondary N) is 1. The van der Waals surface area contributed by atoms with Crippen LogP contribution in [0.15, 0.2) is 0 Å². The molecule has 0 aromatic carbocycles. The van der Waals surface area contributed by atoms with E-state index in [9.17, 15) is 45.7 Å². The zero-order valence-corrected chi connectivity index (χ0v) is 27.5. The summed E-state index contributed by atoms with van der Waals surface area (Å²) < 4.78 is 91.7. The summed E-state index contributed by atoms with van der Waals surface area (Å²) in [5, 5.41) is 44.3. The first-order valence-corrected chi connectivity index (χ1v) is 18.8. The Balaban J connectivity index is 3.44. The van der Waals surface area contributed by atoms with Gasteiger partial charge in [0.05, 0.1) is 42.6 Å². The Morgan fingerprint density at radius 3 is 1.93 bits per heavy atom. The molecule has 5 atom stereocenters. The van der Waals surface area contributed by atoms with Gasteiger partial charge in [0, 0.05) is 12.8 Å². The number of nitrogens with zero attached hydrogens (tertiary/aromatic N) is 1. The smallest absolute Gasteiger partial charge is 0.344 e. The monoisotopic (exact) mass is 655 g/mol. The van der Waals surface area contributed by atoms with Gasteiger partial charge in [-0.15, -0.1) is 0 Å². The summed E-state index contributed by atoms with van der Waals surface area (Å²) >= 11 is 0. The van der Waals surface area contributed by atoms with Crippen molar-refractivity contribution in [1.29, 1.82) is 0 Å². The number of hydrogen-bond donors (Lipinski definition) is 5. The van der Waals surface area contributed by atoms with Gasteiger partial charge in [0.2, 0.25) is 20.0 Å².